The fourth-order valence-corrected chi connectivity index (χ4v) is 6.72. The number of ketones is 1. The number of nitrogens with two attached hydrogens (primary N) is 3. The van der Waals surface area contributed by atoms with E-state index in [4.69, 9.17) is 72.3 Å². The van der Waals surface area contributed by atoms with Crippen LogP contribution in [0.3, 0.4) is 0 Å². The molecule has 0 spiro atoms. The summed E-state index contributed by atoms with van der Waals surface area (Å²) in [5.41, 5.74) is 23.2. The van der Waals surface area contributed by atoms with Crippen LogP contribution in [0.4, 0.5) is 40.4 Å². The molecule has 10 aromatic rings. The summed E-state index contributed by atoms with van der Waals surface area (Å²) in [7, 11) is 6.94. The van der Waals surface area contributed by atoms with Gasteiger partial charge in [0.2, 0.25) is 17.1 Å². The Bertz CT molecular complexity index is 3630. The van der Waals surface area contributed by atoms with Crippen LogP contribution in [0.25, 0.3) is 43.0 Å². The van der Waals surface area contributed by atoms with Crippen LogP contribution in [0.2, 0.25) is 0 Å². The lowest BCUT2D eigenvalue weighted by atomic mass is 10.2. The first kappa shape index (κ1) is 68.1. The fraction of sp³-hybridized carbons (Fsp3) is 0.196. The van der Waals surface area contributed by atoms with Crippen molar-refractivity contribution in [3.63, 3.8) is 0 Å². The fourth-order valence-electron chi connectivity index (χ4n) is 6.36. The Hall–Kier alpha value is -10.0. The summed E-state index contributed by atoms with van der Waals surface area (Å²) in [6.07, 6.45) is 11.6. The molecule has 0 aliphatic rings. The number of aromatic nitrogens is 6. The van der Waals surface area contributed by atoms with Crippen molar-refractivity contribution in [2.24, 2.45) is 5.73 Å². The molecule has 7 aromatic heterocycles. The Labute approximate surface area is 493 Å². The van der Waals surface area contributed by atoms with Gasteiger partial charge in [0.25, 0.3) is 12.2 Å². The molecule has 0 saturated heterocycles. The zero-order valence-corrected chi connectivity index (χ0v) is 49.1. The highest BCUT2D eigenvalue weighted by molar-refractivity contribution is 14.1. The van der Waals surface area contributed by atoms with Gasteiger partial charge in [-0.05, 0) is 136 Å². The number of nitriles is 1. The molecular formula is C56H61ClIN15O9. The van der Waals surface area contributed by atoms with E-state index in [9.17, 15) is 4.79 Å². The maximum absolute atomic E-state index is 9.56. The highest BCUT2D eigenvalue weighted by Crippen LogP contribution is 2.33. The largest absolute Gasteiger partial charge is 0.497 e. The van der Waals surface area contributed by atoms with Crippen molar-refractivity contribution in [3.05, 3.63) is 165 Å². The van der Waals surface area contributed by atoms with Crippen molar-refractivity contribution < 1.29 is 41.8 Å². The minimum atomic E-state index is -0.333. The highest BCUT2D eigenvalue weighted by atomic mass is 127. The third kappa shape index (κ3) is 21.0. The normalized spacial score (nSPS) is 9.37. The average Bonchev–Trinajstić information content (AvgIpc) is 4.38. The molecule has 0 aliphatic heterocycles. The molecule has 7 heterocycles. The number of halogens is 2. The van der Waals surface area contributed by atoms with Gasteiger partial charge in [0.05, 0.1) is 75.5 Å². The van der Waals surface area contributed by atoms with Crippen LogP contribution in [0.1, 0.15) is 29.2 Å². The predicted octanol–water partition coefficient (Wildman–Crippen LogP) is 11.7. The molecule has 82 heavy (non-hydrogen) atoms. The summed E-state index contributed by atoms with van der Waals surface area (Å²) in [5.74, 6) is 4.62. The molecule has 428 valence electrons. The summed E-state index contributed by atoms with van der Waals surface area (Å²) < 4.78 is 37.1. The standard InChI is InChI=1S/C15H15N3O2.C14H13N3O2.C7H7IO.C7H7N3O.C6H6N2O.C3H2N2.C3H6O2.CH4N2.ClH/c1-10-8-20-15-13(10)14(16-9-17-15)18(2)11-4-6-12(19-3)7-5-11;1-9-7-19-14-12(9)13(15-8-16-14)17-10-3-5-11(18-2)6-4-10;1-9-7-4-2-6(8)3-5-7;1-4-2-11-7-5(4)6(8)9-3-10-7;1-4-3-9-6(7)5(4)8-2;1-5-3-2-4;1-3(5)2-4;2-1-3;/h4-9H,1-3H3;3-8H,1-2H3,(H,15,16,17);2-5H,1H3;2-3H,1H3,(H2,8,9,10);3H,7H2,1H3;3H2;4H,2H2,1H3;1H,(H3,2,3);1H. The quantitative estimate of drug-likeness (QED) is 0.0270. The number of nitrogen functional groups attached to an aromatic ring is 2. The third-order valence-electron chi connectivity index (χ3n) is 10.3. The monoisotopic (exact) mass is 1250 g/mol. The van der Waals surface area contributed by atoms with E-state index >= 15 is 0 Å². The summed E-state index contributed by atoms with van der Waals surface area (Å²) in [6, 6.07) is 25.1. The topological polar surface area (TPSA) is 345 Å². The average molecular weight is 1250 g/mol. The van der Waals surface area contributed by atoms with Gasteiger partial charge in [-0.1, -0.05) is 0 Å². The van der Waals surface area contributed by atoms with Crippen molar-refractivity contribution in [2.45, 2.75) is 34.6 Å². The number of hydrogen-bond acceptors (Lipinski definition) is 21. The number of fused-ring (bicyclic) bond motifs is 3. The first-order chi connectivity index (χ1) is 38.9. The summed E-state index contributed by atoms with van der Waals surface area (Å²) in [6.45, 7) is 21.3. The molecule has 0 aliphatic carbocycles. The van der Waals surface area contributed by atoms with Crippen molar-refractivity contribution in [3.8, 4) is 23.3 Å². The number of aliphatic hydroxyl groups is 1. The van der Waals surface area contributed by atoms with Gasteiger partial charge in [-0.2, -0.15) is 5.26 Å². The molecule has 0 bridgehead atoms. The van der Waals surface area contributed by atoms with E-state index in [1.165, 1.54) is 35.7 Å². The lowest BCUT2D eigenvalue weighted by molar-refractivity contribution is -0.119. The van der Waals surface area contributed by atoms with E-state index in [1.54, 1.807) is 53.1 Å². The summed E-state index contributed by atoms with van der Waals surface area (Å²) in [5, 5.41) is 27.2. The molecule has 10 rings (SSSR count). The maximum Gasteiger partial charge on any atom is 0.298 e. The minimum absolute atomic E-state index is 0. The Balaban J connectivity index is 0.000000341. The van der Waals surface area contributed by atoms with Crippen molar-refractivity contribution in [2.75, 3.05) is 63.2 Å². The number of carbonyl (C=O) groups excluding carboxylic acids is 1. The van der Waals surface area contributed by atoms with Gasteiger partial charge in [-0.25, -0.2) is 41.3 Å². The lowest BCUT2D eigenvalue weighted by Gasteiger charge is -2.19. The summed E-state index contributed by atoms with van der Waals surface area (Å²) in [4.78, 5) is 42.1. The number of Topliss-reactive ketones (excluding diaryl/α,β-unsaturated/α-hetero) is 1. The zero-order chi connectivity index (χ0) is 59.9. The second-order valence-corrected chi connectivity index (χ2v) is 17.2. The highest BCUT2D eigenvalue weighted by Gasteiger charge is 2.15. The number of furan rings is 4. The second kappa shape index (κ2) is 36.2. The molecule has 0 amide bonds. The molecule has 0 radical (unpaired) electrons. The van der Waals surface area contributed by atoms with Crippen LogP contribution < -0.4 is 41.6 Å². The molecule has 0 fully saturated rings. The second-order valence-electron chi connectivity index (χ2n) is 16.0. The smallest absolute Gasteiger partial charge is 0.298 e. The lowest BCUT2D eigenvalue weighted by Crippen LogP contribution is -2.11. The minimum Gasteiger partial charge on any atom is -0.497 e. The SMILES string of the molecule is CC(=O)CO.COc1ccc(I)cc1.COc1ccc(N(C)c2ncnc3occ(C)c23)cc1.COc1ccc(Nc2ncnc3occ(C)c23)cc1.Cc1coc2ncnc(N)c12.Cl.N=CN.[C-]#[N+]CC#N.[C-]#[N+]c1c(C)coc1N. The van der Waals surface area contributed by atoms with Gasteiger partial charge in [0.15, 0.2) is 11.7 Å². The van der Waals surface area contributed by atoms with Crippen molar-refractivity contribution in [1.82, 2.24) is 29.9 Å². The zero-order valence-electron chi connectivity index (χ0n) is 46.2. The van der Waals surface area contributed by atoms with E-state index in [-0.39, 0.29) is 37.2 Å². The molecule has 0 atom stereocenters. The number of carbonyl (C=O) groups is 1. The molecule has 0 saturated carbocycles. The van der Waals surface area contributed by atoms with Crippen LogP contribution in [0, 0.1) is 61.1 Å². The first-order valence-corrected chi connectivity index (χ1v) is 24.7. The van der Waals surface area contributed by atoms with Gasteiger partial charge in [0, 0.05) is 38.7 Å². The number of aryl methyl sites for hydroxylation is 4. The van der Waals surface area contributed by atoms with Gasteiger partial charge in [-0.15, -0.1) is 12.4 Å². The van der Waals surface area contributed by atoms with E-state index in [0.29, 0.717) is 28.6 Å². The Morgan fingerprint density at radius 1 is 0.732 bits per heavy atom. The van der Waals surface area contributed by atoms with Gasteiger partial charge >= 0.3 is 0 Å². The number of nitrogens with one attached hydrogen (secondary N) is 2. The number of aliphatic hydroxyl groups excluding tert-OH is 1. The maximum atomic E-state index is 9.56. The van der Waals surface area contributed by atoms with E-state index in [0.717, 1.165) is 85.0 Å². The van der Waals surface area contributed by atoms with Crippen LogP contribution >= 0.6 is 35.0 Å². The number of hydrogen-bond donors (Lipinski definition) is 6. The molecular weight excluding hydrogens is 1190 g/mol. The predicted molar refractivity (Wildman–Crippen MR) is 326 cm³/mol. The van der Waals surface area contributed by atoms with E-state index in [2.05, 4.69) is 73.2 Å². The van der Waals surface area contributed by atoms with E-state index < -0.39 is 0 Å². The van der Waals surface area contributed by atoms with Crippen LogP contribution in [0.5, 0.6) is 17.2 Å². The van der Waals surface area contributed by atoms with Gasteiger partial charge in [0.1, 0.15) is 66.4 Å². The summed E-state index contributed by atoms with van der Waals surface area (Å²) >= 11 is 2.26. The molecule has 24 nitrogen and oxygen atoms in total. The number of benzene rings is 3. The molecule has 0 unspecified atom stereocenters. The molecule has 9 N–H and O–H groups in total. The molecule has 26 heteroatoms. The number of anilines is 6. The van der Waals surface area contributed by atoms with Gasteiger partial charge < -0.3 is 69.2 Å². The number of nitrogens with zero attached hydrogens (tertiary/aromatic N) is 10. The van der Waals surface area contributed by atoms with Crippen molar-refractivity contribution in [1.29, 1.82) is 10.7 Å². The van der Waals surface area contributed by atoms with Crippen LogP contribution in [-0.4, -0.2) is 88.7 Å². The molecule has 3 aromatic carbocycles. The Kier molecular flexibility index (Phi) is 30.1. The Morgan fingerprint density at radius 3 is 1.57 bits per heavy atom. The third-order valence-corrected chi connectivity index (χ3v) is 11.0. The van der Waals surface area contributed by atoms with Crippen LogP contribution in [0.15, 0.2) is 134 Å². The van der Waals surface area contributed by atoms with Gasteiger partial charge in [-0.3, -0.25) is 10.2 Å². The van der Waals surface area contributed by atoms with Crippen LogP contribution in [-0.2, 0) is 4.79 Å². The number of methoxy groups -OCH3 is 3. The first-order valence-electron chi connectivity index (χ1n) is 23.6. The number of rotatable bonds is 8. The van der Waals surface area contributed by atoms with E-state index in [1.807, 2.05) is 106 Å². The Morgan fingerprint density at radius 2 is 1.16 bits per heavy atom. The van der Waals surface area contributed by atoms with Crippen molar-refractivity contribution >= 4 is 121 Å². The number of ether oxygens (including phenoxy) is 3.